The first kappa shape index (κ1) is 13.6. The largest absolute Gasteiger partial charge is 0.494 e. The van der Waals surface area contributed by atoms with Crippen LogP contribution in [-0.2, 0) is 6.54 Å². The number of likely N-dealkylation sites (N-methyl/N-ethyl adjacent to an activating group) is 1. The Balaban J connectivity index is 2.09. The van der Waals surface area contributed by atoms with Crippen LogP contribution in [0.2, 0.25) is 0 Å². The topological polar surface area (TPSA) is 39.1 Å². The van der Waals surface area contributed by atoms with Crippen molar-refractivity contribution in [3.05, 3.63) is 48.5 Å². The summed E-state index contributed by atoms with van der Waals surface area (Å²) in [5.41, 5.74) is 1.26. The maximum atomic E-state index is 5.47. The first-order chi connectivity index (χ1) is 9.33. The van der Waals surface area contributed by atoms with Crippen molar-refractivity contribution >= 4 is 0 Å². The summed E-state index contributed by atoms with van der Waals surface area (Å²) in [5, 5.41) is 3.50. The molecular weight excluding hydrogens is 238 g/mol. The van der Waals surface area contributed by atoms with Crippen molar-refractivity contribution in [3.8, 4) is 5.75 Å². The summed E-state index contributed by atoms with van der Waals surface area (Å²) in [6.07, 6.45) is 5.64. The summed E-state index contributed by atoms with van der Waals surface area (Å²) < 4.78 is 7.56. The minimum atomic E-state index is 0.287. The predicted octanol–water partition coefficient (Wildman–Crippen LogP) is 2.63. The van der Waals surface area contributed by atoms with E-state index in [2.05, 4.69) is 33.9 Å². The number of rotatable bonds is 7. The second-order valence-corrected chi connectivity index (χ2v) is 4.37. The number of imidazole rings is 1. The lowest BCUT2D eigenvalue weighted by molar-refractivity contribution is 0.340. The second kappa shape index (κ2) is 6.95. The number of benzene rings is 1. The fraction of sp³-hybridized carbons (Fsp3) is 0.400. The number of hydrogen-bond acceptors (Lipinski definition) is 3. The Morgan fingerprint density at radius 1 is 1.26 bits per heavy atom. The molecule has 4 nitrogen and oxygen atoms in total. The first-order valence-corrected chi connectivity index (χ1v) is 6.75. The molecule has 1 unspecified atom stereocenters. The van der Waals surface area contributed by atoms with Crippen LogP contribution in [0.15, 0.2) is 43.0 Å². The Bertz CT molecular complexity index is 465. The predicted molar refractivity (Wildman–Crippen MR) is 76.3 cm³/mol. The second-order valence-electron chi connectivity index (χ2n) is 4.37. The molecule has 1 atom stereocenters. The number of nitrogens with one attached hydrogen (secondary N) is 1. The van der Waals surface area contributed by atoms with Crippen molar-refractivity contribution in [2.75, 3.05) is 13.2 Å². The number of ether oxygens (including phenoxy) is 1. The normalized spacial score (nSPS) is 12.3. The molecule has 0 amide bonds. The zero-order valence-electron chi connectivity index (χ0n) is 11.5. The maximum Gasteiger partial charge on any atom is 0.119 e. The van der Waals surface area contributed by atoms with Gasteiger partial charge in [-0.25, -0.2) is 4.98 Å². The van der Waals surface area contributed by atoms with E-state index in [4.69, 9.17) is 4.74 Å². The van der Waals surface area contributed by atoms with Crippen LogP contribution in [0.1, 0.15) is 25.5 Å². The summed E-state index contributed by atoms with van der Waals surface area (Å²) in [7, 11) is 0. The van der Waals surface area contributed by atoms with E-state index in [1.807, 2.05) is 31.6 Å². The van der Waals surface area contributed by atoms with Gasteiger partial charge in [0, 0.05) is 18.9 Å². The molecule has 1 N–H and O–H groups in total. The minimum absolute atomic E-state index is 0.287. The molecule has 1 aromatic carbocycles. The van der Waals surface area contributed by atoms with Gasteiger partial charge in [0.2, 0.25) is 0 Å². The molecule has 0 aliphatic carbocycles. The van der Waals surface area contributed by atoms with Crippen LogP contribution < -0.4 is 10.1 Å². The summed E-state index contributed by atoms with van der Waals surface area (Å²) in [6.45, 7) is 6.63. The Labute approximate surface area is 114 Å². The molecule has 0 fully saturated rings. The molecule has 19 heavy (non-hydrogen) atoms. The quantitative estimate of drug-likeness (QED) is 0.831. The first-order valence-electron chi connectivity index (χ1n) is 6.75. The van der Waals surface area contributed by atoms with E-state index in [0.717, 1.165) is 18.8 Å². The molecule has 0 aliphatic heterocycles. The van der Waals surface area contributed by atoms with Gasteiger partial charge >= 0.3 is 0 Å². The third-order valence-corrected chi connectivity index (χ3v) is 3.00. The molecule has 4 heteroatoms. The Morgan fingerprint density at radius 3 is 2.63 bits per heavy atom. The van der Waals surface area contributed by atoms with Crippen molar-refractivity contribution in [3.63, 3.8) is 0 Å². The molecule has 0 saturated carbocycles. The molecule has 0 bridgehead atoms. The van der Waals surface area contributed by atoms with Crippen LogP contribution in [-0.4, -0.2) is 22.7 Å². The lowest BCUT2D eigenvalue weighted by Crippen LogP contribution is -2.25. The van der Waals surface area contributed by atoms with E-state index in [1.165, 1.54) is 5.56 Å². The molecule has 2 aromatic rings. The maximum absolute atomic E-state index is 5.47. The van der Waals surface area contributed by atoms with Crippen molar-refractivity contribution in [2.45, 2.75) is 26.4 Å². The molecule has 0 aliphatic rings. The Morgan fingerprint density at radius 2 is 2.05 bits per heavy atom. The summed E-state index contributed by atoms with van der Waals surface area (Å²) in [6, 6.07) is 8.58. The van der Waals surface area contributed by atoms with Crippen LogP contribution in [0.25, 0.3) is 0 Å². The van der Waals surface area contributed by atoms with E-state index in [-0.39, 0.29) is 6.04 Å². The number of hydrogen-bond donors (Lipinski definition) is 1. The highest BCUT2D eigenvalue weighted by atomic mass is 16.5. The van der Waals surface area contributed by atoms with Gasteiger partial charge in [-0.2, -0.15) is 0 Å². The highest BCUT2D eigenvalue weighted by molar-refractivity contribution is 5.29. The third kappa shape index (κ3) is 3.83. The summed E-state index contributed by atoms with van der Waals surface area (Å²) >= 11 is 0. The summed E-state index contributed by atoms with van der Waals surface area (Å²) in [4.78, 5) is 4.08. The molecule has 0 saturated heterocycles. The van der Waals surface area contributed by atoms with Crippen LogP contribution in [0.3, 0.4) is 0 Å². The van der Waals surface area contributed by atoms with E-state index in [0.29, 0.717) is 6.61 Å². The summed E-state index contributed by atoms with van der Waals surface area (Å²) in [5.74, 6) is 0.920. The van der Waals surface area contributed by atoms with Crippen molar-refractivity contribution in [2.24, 2.45) is 0 Å². The van der Waals surface area contributed by atoms with Gasteiger partial charge in [-0.1, -0.05) is 19.1 Å². The lowest BCUT2D eigenvalue weighted by atomic mass is 10.1. The van der Waals surface area contributed by atoms with Crippen LogP contribution in [0, 0.1) is 0 Å². The third-order valence-electron chi connectivity index (χ3n) is 3.00. The van der Waals surface area contributed by atoms with Crippen molar-refractivity contribution < 1.29 is 4.74 Å². The van der Waals surface area contributed by atoms with Gasteiger partial charge in [0.05, 0.1) is 19.0 Å². The monoisotopic (exact) mass is 259 g/mol. The molecule has 0 spiro atoms. The van der Waals surface area contributed by atoms with Gasteiger partial charge in [0.25, 0.3) is 0 Å². The van der Waals surface area contributed by atoms with E-state index in [1.54, 1.807) is 6.20 Å². The van der Waals surface area contributed by atoms with Crippen LogP contribution in [0.4, 0.5) is 0 Å². The highest BCUT2D eigenvalue weighted by Gasteiger charge is 2.10. The van der Waals surface area contributed by atoms with Crippen LogP contribution in [0.5, 0.6) is 5.75 Å². The zero-order valence-corrected chi connectivity index (χ0v) is 11.5. The van der Waals surface area contributed by atoms with Crippen molar-refractivity contribution in [1.82, 2.24) is 14.9 Å². The zero-order chi connectivity index (χ0) is 13.5. The lowest BCUT2D eigenvalue weighted by Gasteiger charge is -2.19. The van der Waals surface area contributed by atoms with E-state index >= 15 is 0 Å². The minimum Gasteiger partial charge on any atom is -0.494 e. The van der Waals surface area contributed by atoms with E-state index < -0.39 is 0 Å². The average molecular weight is 259 g/mol. The van der Waals surface area contributed by atoms with Crippen LogP contribution >= 0.6 is 0 Å². The fourth-order valence-electron chi connectivity index (χ4n) is 2.10. The molecule has 102 valence electrons. The standard InChI is InChI=1S/C15H21N3O/c1-3-17-15(11-18-10-9-16-12-18)13-5-7-14(8-6-13)19-4-2/h5-10,12,15,17H,3-4,11H2,1-2H3. The van der Waals surface area contributed by atoms with Gasteiger partial charge in [0.15, 0.2) is 0 Å². The Hall–Kier alpha value is -1.81. The molecule has 2 rings (SSSR count). The molecule has 0 radical (unpaired) electrons. The average Bonchev–Trinajstić information content (AvgIpc) is 2.93. The van der Waals surface area contributed by atoms with Gasteiger partial charge in [-0.3, -0.25) is 0 Å². The molecule has 1 aromatic heterocycles. The van der Waals surface area contributed by atoms with Gasteiger partial charge in [-0.05, 0) is 31.2 Å². The number of aromatic nitrogens is 2. The Kier molecular flexibility index (Phi) is 4.98. The highest BCUT2D eigenvalue weighted by Crippen LogP contribution is 2.19. The van der Waals surface area contributed by atoms with Gasteiger partial charge in [-0.15, -0.1) is 0 Å². The smallest absolute Gasteiger partial charge is 0.119 e. The van der Waals surface area contributed by atoms with Gasteiger partial charge < -0.3 is 14.6 Å². The fourth-order valence-corrected chi connectivity index (χ4v) is 2.10. The van der Waals surface area contributed by atoms with Gasteiger partial charge in [0.1, 0.15) is 5.75 Å². The van der Waals surface area contributed by atoms with E-state index in [9.17, 15) is 0 Å². The SMILES string of the molecule is CCNC(Cn1ccnc1)c1ccc(OCC)cc1. The molecular formula is C15H21N3O. The number of nitrogens with zero attached hydrogens (tertiary/aromatic N) is 2. The molecule has 1 heterocycles. The van der Waals surface area contributed by atoms with Crippen molar-refractivity contribution in [1.29, 1.82) is 0 Å².